The van der Waals surface area contributed by atoms with Crippen molar-refractivity contribution in [1.82, 2.24) is 9.78 Å². The molecule has 0 aromatic carbocycles. The Kier molecular flexibility index (Phi) is 3.83. The predicted molar refractivity (Wildman–Crippen MR) is 66.6 cm³/mol. The van der Waals surface area contributed by atoms with Crippen LogP contribution in [0.2, 0.25) is 0 Å². The van der Waals surface area contributed by atoms with Gasteiger partial charge in [0.2, 0.25) is 0 Å². The molecule has 4 heteroatoms. The predicted octanol–water partition coefficient (Wildman–Crippen LogP) is 1.84. The molecule has 1 aromatic heterocycles. The van der Waals surface area contributed by atoms with Crippen LogP contribution >= 0.6 is 0 Å². The molecular weight excluding hydrogens is 200 g/mol. The quantitative estimate of drug-likeness (QED) is 0.747. The number of aryl methyl sites for hydroxylation is 1. The highest BCUT2D eigenvalue weighted by molar-refractivity contribution is 5.48. The minimum absolute atomic E-state index is 0.702. The lowest BCUT2D eigenvalue weighted by molar-refractivity contribution is 0.618. The van der Waals surface area contributed by atoms with Crippen LogP contribution in [0.5, 0.6) is 0 Å². The van der Waals surface area contributed by atoms with Gasteiger partial charge in [-0.05, 0) is 25.8 Å². The van der Waals surface area contributed by atoms with Crippen molar-refractivity contribution >= 4 is 5.69 Å². The summed E-state index contributed by atoms with van der Waals surface area (Å²) in [5.41, 5.74) is 8.09. The van der Waals surface area contributed by atoms with Gasteiger partial charge in [0.15, 0.2) is 0 Å². The summed E-state index contributed by atoms with van der Waals surface area (Å²) in [7, 11) is 2.04. The second-order valence-corrected chi connectivity index (χ2v) is 4.62. The van der Waals surface area contributed by atoms with Gasteiger partial charge in [-0.3, -0.25) is 4.68 Å². The molecule has 4 nitrogen and oxygen atoms in total. The van der Waals surface area contributed by atoms with E-state index in [0.717, 1.165) is 19.5 Å². The second-order valence-electron chi connectivity index (χ2n) is 4.62. The van der Waals surface area contributed by atoms with Gasteiger partial charge in [0, 0.05) is 19.5 Å². The minimum atomic E-state index is 0.702. The van der Waals surface area contributed by atoms with Gasteiger partial charge in [0.25, 0.3) is 0 Å². The first-order valence-electron chi connectivity index (χ1n) is 6.28. The van der Waals surface area contributed by atoms with Crippen molar-refractivity contribution in [1.29, 1.82) is 0 Å². The number of anilines is 1. The van der Waals surface area contributed by atoms with E-state index in [1.807, 2.05) is 17.9 Å². The Morgan fingerprint density at radius 1 is 1.50 bits per heavy atom. The smallest absolute Gasteiger partial charge is 0.0761 e. The third-order valence-corrected chi connectivity index (χ3v) is 3.42. The Morgan fingerprint density at radius 2 is 2.25 bits per heavy atom. The number of hydrogen-bond acceptors (Lipinski definition) is 3. The fourth-order valence-electron chi connectivity index (χ4n) is 2.59. The summed E-state index contributed by atoms with van der Waals surface area (Å²) >= 11 is 0. The van der Waals surface area contributed by atoms with Crippen molar-refractivity contribution in [3.63, 3.8) is 0 Å². The Labute approximate surface area is 97.2 Å². The number of nitrogens with zero attached hydrogens (tertiary/aromatic N) is 2. The lowest BCUT2D eigenvalue weighted by Crippen LogP contribution is -2.11. The molecule has 1 heterocycles. The standard InChI is InChI=1S/C12H22N4/c1-16-12(10-5-2-3-6-10)11(9-15-16)14-8-4-7-13/h9-10,14H,2-8,13H2,1H3. The highest BCUT2D eigenvalue weighted by Gasteiger charge is 2.23. The van der Waals surface area contributed by atoms with Crippen molar-refractivity contribution in [3.8, 4) is 0 Å². The Balaban J connectivity index is 2.05. The fourth-order valence-corrected chi connectivity index (χ4v) is 2.59. The molecule has 16 heavy (non-hydrogen) atoms. The molecular formula is C12H22N4. The third kappa shape index (κ3) is 2.38. The Morgan fingerprint density at radius 3 is 2.94 bits per heavy atom. The van der Waals surface area contributed by atoms with Crippen LogP contribution in [0.3, 0.4) is 0 Å². The normalized spacial score (nSPS) is 16.9. The monoisotopic (exact) mass is 222 g/mol. The fraction of sp³-hybridized carbons (Fsp3) is 0.750. The molecule has 0 unspecified atom stereocenters. The summed E-state index contributed by atoms with van der Waals surface area (Å²) in [5, 5.41) is 7.81. The summed E-state index contributed by atoms with van der Waals surface area (Å²) in [5.74, 6) is 0.702. The molecule has 3 N–H and O–H groups in total. The highest BCUT2D eigenvalue weighted by Crippen LogP contribution is 2.37. The van der Waals surface area contributed by atoms with Gasteiger partial charge in [0.05, 0.1) is 17.6 Å². The first kappa shape index (κ1) is 11.5. The van der Waals surface area contributed by atoms with Crippen molar-refractivity contribution in [2.24, 2.45) is 12.8 Å². The summed E-state index contributed by atoms with van der Waals surface area (Å²) in [6.07, 6.45) is 8.30. The summed E-state index contributed by atoms with van der Waals surface area (Å²) < 4.78 is 2.03. The van der Waals surface area contributed by atoms with Gasteiger partial charge >= 0.3 is 0 Å². The van der Waals surface area contributed by atoms with E-state index >= 15 is 0 Å². The van der Waals surface area contributed by atoms with E-state index < -0.39 is 0 Å². The van der Waals surface area contributed by atoms with Crippen LogP contribution in [0, 0.1) is 0 Å². The van der Waals surface area contributed by atoms with Crippen LogP contribution in [0.4, 0.5) is 5.69 Å². The molecule has 90 valence electrons. The molecule has 1 aliphatic carbocycles. The minimum Gasteiger partial charge on any atom is -0.382 e. The maximum atomic E-state index is 5.50. The summed E-state index contributed by atoms with van der Waals surface area (Å²) in [6, 6.07) is 0. The van der Waals surface area contributed by atoms with E-state index in [1.54, 1.807) is 0 Å². The molecule has 0 spiro atoms. The van der Waals surface area contributed by atoms with E-state index in [0.29, 0.717) is 5.92 Å². The van der Waals surface area contributed by atoms with Gasteiger partial charge < -0.3 is 11.1 Å². The largest absolute Gasteiger partial charge is 0.382 e. The molecule has 0 amide bonds. The highest BCUT2D eigenvalue weighted by atomic mass is 15.3. The molecule has 1 aromatic rings. The molecule has 0 bridgehead atoms. The van der Waals surface area contributed by atoms with Crippen molar-refractivity contribution in [3.05, 3.63) is 11.9 Å². The van der Waals surface area contributed by atoms with E-state index in [2.05, 4.69) is 10.4 Å². The maximum absolute atomic E-state index is 5.50. The van der Waals surface area contributed by atoms with Gasteiger partial charge in [-0.15, -0.1) is 0 Å². The van der Waals surface area contributed by atoms with E-state index in [1.165, 1.54) is 37.1 Å². The molecule has 2 rings (SSSR count). The summed E-state index contributed by atoms with van der Waals surface area (Å²) in [6.45, 7) is 1.69. The first-order valence-corrected chi connectivity index (χ1v) is 6.28. The van der Waals surface area contributed by atoms with Crippen molar-refractivity contribution in [2.75, 3.05) is 18.4 Å². The van der Waals surface area contributed by atoms with Crippen LogP contribution in [0.25, 0.3) is 0 Å². The van der Waals surface area contributed by atoms with Crippen molar-refractivity contribution < 1.29 is 0 Å². The van der Waals surface area contributed by atoms with Crippen LogP contribution in [0.15, 0.2) is 6.20 Å². The molecule has 0 atom stereocenters. The zero-order chi connectivity index (χ0) is 11.4. The lowest BCUT2D eigenvalue weighted by Gasteiger charge is -2.13. The zero-order valence-electron chi connectivity index (χ0n) is 10.1. The molecule has 1 saturated carbocycles. The number of rotatable bonds is 5. The molecule has 0 aliphatic heterocycles. The Bertz CT molecular complexity index is 326. The topological polar surface area (TPSA) is 55.9 Å². The maximum Gasteiger partial charge on any atom is 0.0761 e. The number of nitrogens with two attached hydrogens (primary N) is 1. The van der Waals surface area contributed by atoms with E-state index in [4.69, 9.17) is 5.73 Å². The van der Waals surface area contributed by atoms with E-state index in [9.17, 15) is 0 Å². The first-order chi connectivity index (χ1) is 7.83. The molecule has 0 radical (unpaired) electrons. The van der Waals surface area contributed by atoms with Crippen LogP contribution in [-0.2, 0) is 7.05 Å². The number of hydrogen-bond donors (Lipinski definition) is 2. The average molecular weight is 222 g/mol. The Hall–Kier alpha value is -1.03. The van der Waals surface area contributed by atoms with Crippen LogP contribution < -0.4 is 11.1 Å². The zero-order valence-corrected chi connectivity index (χ0v) is 10.1. The van der Waals surface area contributed by atoms with Gasteiger partial charge in [-0.2, -0.15) is 5.10 Å². The van der Waals surface area contributed by atoms with Gasteiger partial charge in [0.1, 0.15) is 0 Å². The lowest BCUT2D eigenvalue weighted by atomic mass is 10.0. The number of nitrogens with one attached hydrogen (secondary N) is 1. The van der Waals surface area contributed by atoms with Gasteiger partial charge in [-0.25, -0.2) is 0 Å². The molecule has 1 aliphatic rings. The SMILES string of the molecule is Cn1ncc(NCCCN)c1C1CCCC1. The second kappa shape index (κ2) is 5.34. The molecule has 1 fully saturated rings. The van der Waals surface area contributed by atoms with Gasteiger partial charge in [-0.1, -0.05) is 12.8 Å². The van der Waals surface area contributed by atoms with E-state index in [-0.39, 0.29) is 0 Å². The van der Waals surface area contributed by atoms with Crippen LogP contribution in [0.1, 0.15) is 43.7 Å². The molecule has 0 saturated heterocycles. The summed E-state index contributed by atoms with van der Waals surface area (Å²) in [4.78, 5) is 0. The van der Waals surface area contributed by atoms with Crippen molar-refractivity contribution in [2.45, 2.75) is 38.0 Å². The average Bonchev–Trinajstić information content (AvgIpc) is 2.88. The van der Waals surface area contributed by atoms with Crippen LogP contribution in [-0.4, -0.2) is 22.9 Å². The number of aromatic nitrogens is 2. The third-order valence-electron chi connectivity index (χ3n) is 3.42.